The predicted molar refractivity (Wildman–Crippen MR) is 49.1 cm³/mol. The van der Waals surface area contributed by atoms with Crippen molar-refractivity contribution in [2.75, 3.05) is 6.61 Å². The molecular formula is C10H11NO3. The SMILES string of the molecule is O=C(O)c1cccnc1[C@@H]1CCCO1. The molecule has 0 spiro atoms. The molecule has 1 atom stereocenters. The molecule has 2 heterocycles. The van der Waals surface area contributed by atoms with Crippen molar-refractivity contribution in [2.24, 2.45) is 0 Å². The lowest BCUT2D eigenvalue weighted by Gasteiger charge is -2.10. The molecule has 1 N–H and O–H groups in total. The van der Waals surface area contributed by atoms with Crippen LogP contribution >= 0.6 is 0 Å². The molecule has 0 aliphatic carbocycles. The maximum absolute atomic E-state index is 10.9. The Morgan fingerprint density at radius 3 is 3.14 bits per heavy atom. The van der Waals surface area contributed by atoms with Crippen LogP contribution < -0.4 is 0 Å². The number of carbonyl (C=O) groups is 1. The molecule has 1 aliphatic heterocycles. The lowest BCUT2D eigenvalue weighted by molar-refractivity contribution is 0.0679. The van der Waals surface area contributed by atoms with Gasteiger partial charge >= 0.3 is 5.97 Å². The highest BCUT2D eigenvalue weighted by Crippen LogP contribution is 2.28. The van der Waals surface area contributed by atoms with Gasteiger partial charge in [0.05, 0.1) is 11.3 Å². The van der Waals surface area contributed by atoms with Gasteiger partial charge in [0.1, 0.15) is 6.10 Å². The molecule has 1 fully saturated rings. The lowest BCUT2D eigenvalue weighted by atomic mass is 10.1. The molecule has 2 rings (SSSR count). The second-order valence-corrected chi connectivity index (χ2v) is 3.24. The van der Waals surface area contributed by atoms with Gasteiger partial charge in [-0.3, -0.25) is 4.98 Å². The van der Waals surface area contributed by atoms with Crippen LogP contribution in [0.15, 0.2) is 18.3 Å². The summed E-state index contributed by atoms with van der Waals surface area (Å²) in [6.45, 7) is 0.695. The van der Waals surface area contributed by atoms with E-state index in [4.69, 9.17) is 9.84 Å². The van der Waals surface area contributed by atoms with Crippen LogP contribution in [0, 0.1) is 0 Å². The van der Waals surface area contributed by atoms with E-state index in [2.05, 4.69) is 4.98 Å². The molecule has 14 heavy (non-hydrogen) atoms. The maximum Gasteiger partial charge on any atom is 0.337 e. The van der Waals surface area contributed by atoms with Crippen LogP contribution in [0.5, 0.6) is 0 Å². The third-order valence-electron chi connectivity index (χ3n) is 2.30. The fraction of sp³-hybridized carbons (Fsp3) is 0.400. The third kappa shape index (κ3) is 1.61. The molecule has 0 amide bonds. The molecule has 4 nitrogen and oxygen atoms in total. The lowest BCUT2D eigenvalue weighted by Crippen LogP contribution is -2.08. The van der Waals surface area contributed by atoms with Crippen molar-refractivity contribution >= 4 is 5.97 Å². The summed E-state index contributed by atoms with van der Waals surface area (Å²) in [6.07, 6.45) is 3.29. The first-order chi connectivity index (χ1) is 6.79. The Morgan fingerprint density at radius 1 is 1.64 bits per heavy atom. The summed E-state index contributed by atoms with van der Waals surface area (Å²) in [4.78, 5) is 15.0. The van der Waals surface area contributed by atoms with Crippen LogP contribution in [0.3, 0.4) is 0 Å². The van der Waals surface area contributed by atoms with E-state index in [0.29, 0.717) is 12.3 Å². The fourth-order valence-electron chi connectivity index (χ4n) is 1.65. The van der Waals surface area contributed by atoms with Gasteiger partial charge in [-0.1, -0.05) is 0 Å². The Morgan fingerprint density at radius 2 is 2.50 bits per heavy atom. The van der Waals surface area contributed by atoms with Crippen molar-refractivity contribution in [3.63, 3.8) is 0 Å². The van der Waals surface area contributed by atoms with E-state index in [1.807, 2.05) is 0 Å². The van der Waals surface area contributed by atoms with Crippen molar-refractivity contribution in [1.82, 2.24) is 4.98 Å². The van der Waals surface area contributed by atoms with Crippen molar-refractivity contribution < 1.29 is 14.6 Å². The number of carboxylic acids is 1. The fourth-order valence-corrected chi connectivity index (χ4v) is 1.65. The number of pyridine rings is 1. The largest absolute Gasteiger partial charge is 0.478 e. The first-order valence-corrected chi connectivity index (χ1v) is 4.59. The van der Waals surface area contributed by atoms with E-state index >= 15 is 0 Å². The number of carboxylic acid groups (broad SMARTS) is 1. The second kappa shape index (κ2) is 3.75. The van der Waals surface area contributed by atoms with E-state index in [-0.39, 0.29) is 11.7 Å². The number of nitrogens with zero attached hydrogens (tertiary/aromatic N) is 1. The molecule has 1 aromatic rings. The van der Waals surface area contributed by atoms with Crippen LogP contribution in [0.25, 0.3) is 0 Å². The Bertz CT molecular complexity index is 345. The number of ether oxygens (including phenoxy) is 1. The number of aromatic carboxylic acids is 1. The number of hydrogen-bond donors (Lipinski definition) is 1. The summed E-state index contributed by atoms with van der Waals surface area (Å²) in [6, 6.07) is 3.19. The standard InChI is InChI=1S/C10H11NO3/c12-10(13)7-3-1-5-11-9(7)8-4-2-6-14-8/h1,3,5,8H,2,4,6H2,(H,12,13)/t8-/m0/s1. The topological polar surface area (TPSA) is 59.4 Å². The quantitative estimate of drug-likeness (QED) is 0.775. The van der Waals surface area contributed by atoms with Crippen molar-refractivity contribution in [3.8, 4) is 0 Å². The maximum atomic E-state index is 10.9. The molecule has 1 aliphatic rings. The molecule has 0 saturated carbocycles. The van der Waals surface area contributed by atoms with Gasteiger partial charge in [0.2, 0.25) is 0 Å². The van der Waals surface area contributed by atoms with Crippen LogP contribution in [0.1, 0.15) is 35.0 Å². The molecule has 0 aromatic carbocycles. The smallest absolute Gasteiger partial charge is 0.337 e. The van der Waals surface area contributed by atoms with Crippen molar-refractivity contribution in [3.05, 3.63) is 29.6 Å². The zero-order chi connectivity index (χ0) is 9.97. The average molecular weight is 193 g/mol. The molecule has 4 heteroatoms. The van der Waals surface area contributed by atoms with Crippen LogP contribution in [0.4, 0.5) is 0 Å². The number of hydrogen-bond acceptors (Lipinski definition) is 3. The molecule has 1 aromatic heterocycles. The van der Waals surface area contributed by atoms with E-state index in [9.17, 15) is 4.79 Å². The summed E-state index contributed by atoms with van der Waals surface area (Å²) >= 11 is 0. The summed E-state index contributed by atoms with van der Waals surface area (Å²) in [5.74, 6) is -0.941. The number of rotatable bonds is 2. The summed E-state index contributed by atoms with van der Waals surface area (Å²) < 4.78 is 5.40. The van der Waals surface area contributed by atoms with E-state index in [0.717, 1.165) is 12.8 Å². The van der Waals surface area contributed by atoms with Crippen molar-refractivity contribution in [2.45, 2.75) is 18.9 Å². The van der Waals surface area contributed by atoms with Gasteiger partial charge in [-0.2, -0.15) is 0 Å². The second-order valence-electron chi connectivity index (χ2n) is 3.24. The van der Waals surface area contributed by atoms with E-state index in [1.54, 1.807) is 18.3 Å². The van der Waals surface area contributed by atoms with Crippen LogP contribution in [0.2, 0.25) is 0 Å². The average Bonchev–Trinajstić information content (AvgIpc) is 2.70. The molecule has 74 valence electrons. The zero-order valence-electron chi connectivity index (χ0n) is 7.64. The zero-order valence-corrected chi connectivity index (χ0v) is 7.64. The molecule has 0 bridgehead atoms. The highest BCUT2D eigenvalue weighted by atomic mass is 16.5. The monoisotopic (exact) mass is 193 g/mol. The van der Waals surface area contributed by atoms with E-state index < -0.39 is 5.97 Å². The van der Waals surface area contributed by atoms with Gasteiger partial charge in [-0.05, 0) is 25.0 Å². The minimum absolute atomic E-state index is 0.137. The van der Waals surface area contributed by atoms with Gasteiger partial charge < -0.3 is 9.84 Å². The normalized spacial score (nSPS) is 21.0. The number of aromatic nitrogens is 1. The Hall–Kier alpha value is -1.42. The highest BCUT2D eigenvalue weighted by Gasteiger charge is 2.23. The molecule has 0 radical (unpaired) electrons. The van der Waals surface area contributed by atoms with Crippen LogP contribution in [-0.2, 0) is 4.74 Å². The van der Waals surface area contributed by atoms with Gasteiger partial charge in [0.15, 0.2) is 0 Å². The Kier molecular flexibility index (Phi) is 2.45. The first-order valence-electron chi connectivity index (χ1n) is 4.59. The first kappa shape index (κ1) is 9.15. The van der Waals surface area contributed by atoms with Gasteiger partial charge in [0, 0.05) is 12.8 Å². The van der Waals surface area contributed by atoms with Crippen molar-refractivity contribution in [1.29, 1.82) is 0 Å². The molecular weight excluding hydrogens is 182 g/mol. The van der Waals surface area contributed by atoms with E-state index in [1.165, 1.54) is 0 Å². The summed E-state index contributed by atoms with van der Waals surface area (Å²) in [5, 5.41) is 8.93. The minimum atomic E-state index is -0.941. The highest BCUT2D eigenvalue weighted by molar-refractivity contribution is 5.88. The van der Waals surface area contributed by atoms with Gasteiger partial charge in [-0.15, -0.1) is 0 Å². The minimum Gasteiger partial charge on any atom is -0.478 e. The summed E-state index contributed by atoms with van der Waals surface area (Å²) in [7, 11) is 0. The van der Waals surface area contributed by atoms with Crippen LogP contribution in [-0.4, -0.2) is 22.7 Å². The third-order valence-corrected chi connectivity index (χ3v) is 2.30. The Balaban J connectivity index is 2.35. The van der Waals surface area contributed by atoms with Gasteiger partial charge in [0.25, 0.3) is 0 Å². The Labute approximate surface area is 81.5 Å². The predicted octanol–water partition coefficient (Wildman–Crippen LogP) is 1.63. The molecule has 0 unspecified atom stereocenters. The summed E-state index contributed by atoms with van der Waals surface area (Å²) in [5.41, 5.74) is 0.803. The molecule has 1 saturated heterocycles. The van der Waals surface area contributed by atoms with Gasteiger partial charge in [-0.25, -0.2) is 4.79 Å².